The standard InChI is InChI=1S/C20H31NO2/c1-3-14-23-19-11-10-18(15-20(19)22-4-2)16-21-13-12-17-8-6-5-7-9-17/h8,10-11,15,21H,3-7,9,12-14,16H2,1-2H3. The summed E-state index contributed by atoms with van der Waals surface area (Å²) in [7, 11) is 0. The maximum absolute atomic E-state index is 5.75. The second-order valence-corrected chi connectivity index (χ2v) is 6.10. The number of hydrogen-bond acceptors (Lipinski definition) is 3. The molecule has 1 aliphatic carbocycles. The first-order chi connectivity index (χ1) is 11.3. The SMILES string of the molecule is CCCOc1ccc(CNCCC2=CCCCC2)cc1OCC. The van der Waals surface area contributed by atoms with E-state index in [1.54, 1.807) is 5.57 Å². The molecule has 1 aromatic carbocycles. The van der Waals surface area contributed by atoms with Crippen molar-refractivity contribution in [3.05, 3.63) is 35.4 Å². The maximum atomic E-state index is 5.75. The largest absolute Gasteiger partial charge is 0.490 e. The first-order valence-corrected chi connectivity index (χ1v) is 9.10. The van der Waals surface area contributed by atoms with Crippen molar-refractivity contribution in [2.75, 3.05) is 19.8 Å². The van der Waals surface area contributed by atoms with E-state index in [0.717, 1.165) is 37.6 Å². The van der Waals surface area contributed by atoms with Gasteiger partial charge < -0.3 is 14.8 Å². The van der Waals surface area contributed by atoms with Crippen LogP contribution >= 0.6 is 0 Å². The van der Waals surface area contributed by atoms with E-state index in [4.69, 9.17) is 9.47 Å². The van der Waals surface area contributed by atoms with Gasteiger partial charge in [0, 0.05) is 6.54 Å². The molecule has 0 atom stereocenters. The third-order valence-corrected chi connectivity index (χ3v) is 4.11. The van der Waals surface area contributed by atoms with Gasteiger partial charge in [0.15, 0.2) is 11.5 Å². The third kappa shape index (κ3) is 6.26. The lowest BCUT2D eigenvalue weighted by Crippen LogP contribution is -2.15. The van der Waals surface area contributed by atoms with Gasteiger partial charge in [-0.1, -0.05) is 24.6 Å². The van der Waals surface area contributed by atoms with Crippen LogP contribution < -0.4 is 14.8 Å². The zero-order chi connectivity index (χ0) is 16.3. The molecule has 0 aliphatic heterocycles. The van der Waals surface area contributed by atoms with Crippen molar-refractivity contribution < 1.29 is 9.47 Å². The highest BCUT2D eigenvalue weighted by Gasteiger charge is 2.07. The zero-order valence-corrected chi connectivity index (χ0v) is 14.7. The average Bonchev–Trinajstić information content (AvgIpc) is 2.59. The van der Waals surface area contributed by atoms with Crippen LogP contribution in [0.1, 0.15) is 57.9 Å². The van der Waals surface area contributed by atoms with Crippen LogP contribution in [0.15, 0.2) is 29.8 Å². The highest BCUT2D eigenvalue weighted by atomic mass is 16.5. The molecule has 1 N–H and O–H groups in total. The summed E-state index contributed by atoms with van der Waals surface area (Å²) in [6.45, 7) is 7.43. The first-order valence-electron chi connectivity index (χ1n) is 9.10. The second kappa shape index (κ2) is 10.3. The van der Waals surface area contributed by atoms with Gasteiger partial charge in [0.25, 0.3) is 0 Å². The number of ether oxygens (including phenoxy) is 2. The molecule has 0 fully saturated rings. The lowest BCUT2D eigenvalue weighted by atomic mass is 9.97. The smallest absolute Gasteiger partial charge is 0.161 e. The van der Waals surface area contributed by atoms with Crippen molar-refractivity contribution >= 4 is 0 Å². The van der Waals surface area contributed by atoms with Crippen LogP contribution in [0.3, 0.4) is 0 Å². The summed E-state index contributed by atoms with van der Waals surface area (Å²) < 4.78 is 11.5. The van der Waals surface area contributed by atoms with Crippen LogP contribution in [0, 0.1) is 0 Å². The van der Waals surface area contributed by atoms with Crippen molar-refractivity contribution in [3.63, 3.8) is 0 Å². The topological polar surface area (TPSA) is 30.5 Å². The molecule has 1 aromatic rings. The van der Waals surface area contributed by atoms with Gasteiger partial charge in [-0.2, -0.15) is 0 Å². The van der Waals surface area contributed by atoms with Crippen LogP contribution in [-0.4, -0.2) is 19.8 Å². The Kier molecular flexibility index (Phi) is 8.02. The summed E-state index contributed by atoms with van der Waals surface area (Å²) in [5, 5.41) is 3.54. The van der Waals surface area contributed by atoms with Gasteiger partial charge in [0.05, 0.1) is 13.2 Å². The van der Waals surface area contributed by atoms with Gasteiger partial charge >= 0.3 is 0 Å². The Bertz CT molecular complexity index is 496. The normalized spacial score (nSPS) is 14.4. The molecule has 3 heteroatoms. The van der Waals surface area contributed by atoms with Gasteiger partial charge in [-0.05, 0) is 69.7 Å². The molecule has 3 nitrogen and oxygen atoms in total. The van der Waals surface area contributed by atoms with Crippen molar-refractivity contribution in [2.24, 2.45) is 0 Å². The minimum absolute atomic E-state index is 0.660. The fraction of sp³-hybridized carbons (Fsp3) is 0.600. The molecule has 1 aliphatic rings. The van der Waals surface area contributed by atoms with E-state index < -0.39 is 0 Å². The molecule has 0 heterocycles. The molecular weight excluding hydrogens is 286 g/mol. The van der Waals surface area contributed by atoms with Gasteiger partial charge in [0.1, 0.15) is 0 Å². The monoisotopic (exact) mass is 317 g/mol. The minimum Gasteiger partial charge on any atom is -0.490 e. The van der Waals surface area contributed by atoms with E-state index in [0.29, 0.717) is 6.61 Å². The molecule has 0 amide bonds. The van der Waals surface area contributed by atoms with E-state index in [2.05, 4.69) is 30.4 Å². The summed E-state index contributed by atoms with van der Waals surface area (Å²) in [6, 6.07) is 6.25. The molecule has 23 heavy (non-hydrogen) atoms. The number of allylic oxidation sites excluding steroid dienone is 1. The Hall–Kier alpha value is -1.48. The quantitative estimate of drug-likeness (QED) is 0.494. The molecule has 0 spiro atoms. The van der Waals surface area contributed by atoms with Crippen molar-refractivity contribution in [3.8, 4) is 11.5 Å². The number of hydrogen-bond donors (Lipinski definition) is 1. The third-order valence-electron chi connectivity index (χ3n) is 4.11. The Morgan fingerprint density at radius 1 is 1.09 bits per heavy atom. The Morgan fingerprint density at radius 3 is 2.74 bits per heavy atom. The molecule has 0 aromatic heterocycles. The Labute approximate surface area is 141 Å². The second-order valence-electron chi connectivity index (χ2n) is 6.10. The van der Waals surface area contributed by atoms with Crippen LogP contribution in [0.2, 0.25) is 0 Å². The van der Waals surface area contributed by atoms with Gasteiger partial charge in [-0.3, -0.25) is 0 Å². The van der Waals surface area contributed by atoms with Crippen LogP contribution in [0.25, 0.3) is 0 Å². The lowest BCUT2D eigenvalue weighted by Gasteiger charge is -2.14. The fourth-order valence-corrected chi connectivity index (χ4v) is 2.88. The minimum atomic E-state index is 0.660. The summed E-state index contributed by atoms with van der Waals surface area (Å²) in [5.41, 5.74) is 2.87. The number of nitrogens with one attached hydrogen (secondary N) is 1. The number of rotatable bonds is 10. The predicted octanol–water partition coefficient (Wildman–Crippen LogP) is 4.85. The van der Waals surface area contributed by atoms with Crippen LogP contribution in [0.5, 0.6) is 11.5 Å². The number of benzene rings is 1. The van der Waals surface area contributed by atoms with Crippen LogP contribution in [-0.2, 0) is 6.54 Å². The lowest BCUT2D eigenvalue weighted by molar-refractivity contribution is 0.276. The van der Waals surface area contributed by atoms with Crippen molar-refractivity contribution in [1.82, 2.24) is 5.32 Å². The molecule has 0 saturated heterocycles. The van der Waals surface area contributed by atoms with Crippen molar-refractivity contribution in [2.45, 2.75) is 58.9 Å². The van der Waals surface area contributed by atoms with E-state index in [9.17, 15) is 0 Å². The van der Waals surface area contributed by atoms with Gasteiger partial charge in [-0.15, -0.1) is 0 Å². The van der Waals surface area contributed by atoms with Gasteiger partial charge in [-0.25, -0.2) is 0 Å². The molecule has 0 unspecified atom stereocenters. The fourth-order valence-electron chi connectivity index (χ4n) is 2.88. The summed E-state index contributed by atoms with van der Waals surface area (Å²) >= 11 is 0. The Morgan fingerprint density at radius 2 is 2.00 bits per heavy atom. The molecular formula is C20H31NO2. The Balaban J connectivity index is 1.81. The average molecular weight is 317 g/mol. The predicted molar refractivity (Wildman–Crippen MR) is 96.3 cm³/mol. The highest BCUT2D eigenvalue weighted by molar-refractivity contribution is 5.43. The molecule has 2 rings (SSSR count). The van der Waals surface area contributed by atoms with E-state index in [-0.39, 0.29) is 0 Å². The van der Waals surface area contributed by atoms with E-state index in [1.165, 1.54) is 37.7 Å². The highest BCUT2D eigenvalue weighted by Crippen LogP contribution is 2.28. The summed E-state index contributed by atoms with van der Waals surface area (Å²) in [6.07, 6.45) is 9.90. The van der Waals surface area contributed by atoms with E-state index in [1.807, 2.05) is 13.0 Å². The summed E-state index contributed by atoms with van der Waals surface area (Å²) in [4.78, 5) is 0. The zero-order valence-electron chi connectivity index (χ0n) is 14.7. The maximum Gasteiger partial charge on any atom is 0.161 e. The van der Waals surface area contributed by atoms with Crippen molar-refractivity contribution in [1.29, 1.82) is 0 Å². The molecule has 0 saturated carbocycles. The molecule has 128 valence electrons. The van der Waals surface area contributed by atoms with Gasteiger partial charge in [0.2, 0.25) is 0 Å². The summed E-state index contributed by atoms with van der Waals surface area (Å²) in [5.74, 6) is 1.71. The first kappa shape index (κ1) is 17.9. The molecule has 0 radical (unpaired) electrons. The van der Waals surface area contributed by atoms with Crippen LogP contribution in [0.4, 0.5) is 0 Å². The molecule has 0 bridgehead atoms. The van der Waals surface area contributed by atoms with E-state index >= 15 is 0 Å².